The van der Waals surface area contributed by atoms with Gasteiger partial charge in [0.1, 0.15) is 17.8 Å². The molecule has 6 nitrogen and oxygen atoms in total. The van der Waals surface area contributed by atoms with Crippen molar-refractivity contribution < 1.29 is 4.79 Å². The molecule has 0 aliphatic rings. The Kier molecular flexibility index (Phi) is 4.46. The summed E-state index contributed by atoms with van der Waals surface area (Å²) in [6, 6.07) is 9.29. The summed E-state index contributed by atoms with van der Waals surface area (Å²) < 4.78 is 1.75. The molecule has 0 saturated heterocycles. The van der Waals surface area contributed by atoms with E-state index in [1.165, 1.54) is 6.33 Å². The minimum atomic E-state index is -0.508. The molecule has 1 amide bonds. The van der Waals surface area contributed by atoms with Gasteiger partial charge in [0.05, 0.1) is 11.4 Å². The Hall–Kier alpha value is -2.86. The number of benzene rings is 1. The van der Waals surface area contributed by atoms with Crippen LogP contribution in [0.4, 0.5) is 5.82 Å². The quantitative estimate of drug-likeness (QED) is 0.752. The van der Waals surface area contributed by atoms with Crippen LogP contribution >= 0.6 is 11.6 Å². The van der Waals surface area contributed by atoms with Crippen LogP contribution in [0.25, 0.3) is 22.5 Å². The summed E-state index contributed by atoms with van der Waals surface area (Å²) in [7, 11) is 3.58. The second-order valence-electron chi connectivity index (χ2n) is 5.71. The monoisotopic (exact) mass is 355 g/mol. The van der Waals surface area contributed by atoms with E-state index < -0.39 is 5.91 Å². The van der Waals surface area contributed by atoms with Crippen LogP contribution in [0.2, 0.25) is 5.02 Å². The molecule has 0 bridgehead atoms. The van der Waals surface area contributed by atoms with E-state index >= 15 is 0 Å². The number of halogens is 1. The van der Waals surface area contributed by atoms with Gasteiger partial charge in [-0.15, -0.1) is 0 Å². The molecular formula is C18H18ClN5O. The first kappa shape index (κ1) is 17.0. The summed E-state index contributed by atoms with van der Waals surface area (Å²) in [6.07, 6.45) is 1.47. The van der Waals surface area contributed by atoms with Crippen molar-refractivity contribution in [3.63, 3.8) is 0 Å². The van der Waals surface area contributed by atoms with E-state index in [1.54, 1.807) is 18.7 Å². The van der Waals surface area contributed by atoms with E-state index in [0.717, 1.165) is 22.4 Å². The number of carbonyl (C=O) groups is 1. The van der Waals surface area contributed by atoms with E-state index in [0.29, 0.717) is 22.2 Å². The second-order valence-corrected chi connectivity index (χ2v) is 6.15. The lowest BCUT2D eigenvalue weighted by Gasteiger charge is -2.08. The molecule has 0 saturated carbocycles. The molecule has 0 spiro atoms. The number of nitrogens with zero attached hydrogens (tertiary/aromatic N) is 3. The van der Waals surface area contributed by atoms with Crippen LogP contribution in [-0.4, -0.2) is 27.5 Å². The molecule has 7 heteroatoms. The van der Waals surface area contributed by atoms with Gasteiger partial charge in [-0.3, -0.25) is 4.79 Å². The van der Waals surface area contributed by atoms with Crippen LogP contribution in [0, 0.1) is 6.92 Å². The summed E-state index contributed by atoms with van der Waals surface area (Å²) in [5.74, 6) is 0.179. The molecular weight excluding hydrogens is 338 g/mol. The SMILES string of the molecule is CNc1cc(-c2cc(-c3cc(Cl)ccc3C)c(C(N)=O)n2C)ncn1. The molecule has 128 valence electrons. The van der Waals surface area contributed by atoms with E-state index in [2.05, 4.69) is 15.3 Å². The highest BCUT2D eigenvalue weighted by Gasteiger charge is 2.21. The molecule has 2 aromatic heterocycles. The summed E-state index contributed by atoms with van der Waals surface area (Å²) in [5, 5.41) is 3.58. The Morgan fingerprint density at radius 1 is 1.20 bits per heavy atom. The predicted octanol–water partition coefficient (Wildman–Crippen LogP) is 3.25. The Balaban J connectivity index is 2.27. The van der Waals surface area contributed by atoms with Crippen LogP contribution in [0.5, 0.6) is 0 Å². The van der Waals surface area contributed by atoms with Crippen LogP contribution in [0.1, 0.15) is 16.1 Å². The number of rotatable bonds is 4. The lowest BCUT2D eigenvalue weighted by atomic mass is 10.00. The van der Waals surface area contributed by atoms with Gasteiger partial charge in [-0.2, -0.15) is 0 Å². The number of nitrogens with one attached hydrogen (secondary N) is 1. The first-order chi connectivity index (χ1) is 11.9. The molecule has 2 heterocycles. The zero-order valence-electron chi connectivity index (χ0n) is 14.2. The number of carbonyl (C=O) groups excluding carboxylic acids is 1. The zero-order chi connectivity index (χ0) is 18.1. The molecule has 3 rings (SSSR count). The minimum Gasteiger partial charge on any atom is -0.373 e. The molecule has 0 unspecified atom stereocenters. The van der Waals surface area contributed by atoms with Gasteiger partial charge in [-0.25, -0.2) is 9.97 Å². The van der Waals surface area contributed by atoms with E-state index in [9.17, 15) is 4.79 Å². The van der Waals surface area contributed by atoms with Gasteiger partial charge in [-0.1, -0.05) is 17.7 Å². The van der Waals surface area contributed by atoms with Gasteiger partial charge >= 0.3 is 0 Å². The highest BCUT2D eigenvalue weighted by atomic mass is 35.5. The van der Waals surface area contributed by atoms with Crippen molar-refractivity contribution in [1.29, 1.82) is 0 Å². The van der Waals surface area contributed by atoms with Gasteiger partial charge in [0, 0.05) is 30.7 Å². The van der Waals surface area contributed by atoms with Crippen molar-refractivity contribution >= 4 is 23.3 Å². The predicted molar refractivity (Wildman–Crippen MR) is 99.7 cm³/mol. The maximum absolute atomic E-state index is 12.1. The van der Waals surface area contributed by atoms with Crippen LogP contribution in [0.3, 0.4) is 0 Å². The number of aromatic nitrogens is 3. The smallest absolute Gasteiger partial charge is 0.265 e. The van der Waals surface area contributed by atoms with Crippen molar-refractivity contribution in [1.82, 2.24) is 14.5 Å². The lowest BCUT2D eigenvalue weighted by molar-refractivity contribution is 0.0993. The number of nitrogens with two attached hydrogens (primary N) is 1. The second kappa shape index (κ2) is 6.57. The summed E-state index contributed by atoms with van der Waals surface area (Å²) in [5.41, 5.74) is 10.1. The highest BCUT2D eigenvalue weighted by molar-refractivity contribution is 6.31. The summed E-state index contributed by atoms with van der Waals surface area (Å²) in [6.45, 7) is 1.97. The van der Waals surface area contributed by atoms with Crippen molar-refractivity contribution in [2.24, 2.45) is 12.8 Å². The van der Waals surface area contributed by atoms with Gasteiger partial charge in [-0.05, 0) is 36.2 Å². The molecule has 1 aromatic carbocycles. The fourth-order valence-corrected chi connectivity index (χ4v) is 3.04. The number of primary amides is 1. The average molecular weight is 356 g/mol. The maximum Gasteiger partial charge on any atom is 0.265 e. The zero-order valence-corrected chi connectivity index (χ0v) is 14.9. The molecule has 0 fully saturated rings. The van der Waals surface area contributed by atoms with Crippen LogP contribution in [-0.2, 0) is 7.05 Å². The largest absolute Gasteiger partial charge is 0.373 e. The third-order valence-electron chi connectivity index (χ3n) is 4.14. The van der Waals surface area contributed by atoms with Crippen molar-refractivity contribution in [2.45, 2.75) is 6.92 Å². The fourth-order valence-electron chi connectivity index (χ4n) is 2.87. The van der Waals surface area contributed by atoms with E-state index in [1.807, 2.05) is 37.3 Å². The van der Waals surface area contributed by atoms with Gasteiger partial charge in [0.2, 0.25) is 0 Å². The number of hydrogen-bond donors (Lipinski definition) is 2. The lowest BCUT2D eigenvalue weighted by Crippen LogP contribution is -2.17. The third kappa shape index (κ3) is 3.08. The minimum absolute atomic E-state index is 0.407. The molecule has 0 aliphatic heterocycles. The number of amides is 1. The average Bonchev–Trinajstić information content (AvgIpc) is 2.94. The Bertz CT molecular complexity index is 964. The van der Waals surface area contributed by atoms with Crippen molar-refractivity contribution in [3.05, 3.63) is 52.9 Å². The van der Waals surface area contributed by atoms with Gasteiger partial charge < -0.3 is 15.6 Å². The van der Waals surface area contributed by atoms with Crippen LogP contribution < -0.4 is 11.1 Å². The Morgan fingerprint density at radius 3 is 2.64 bits per heavy atom. The maximum atomic E-state index is 12.1. The topological polar surface area (TPSA) is 85.8 Å². The molecule has 0 atom stereocenters. The summed E-state index contributed by atoms with van der Waals surface area (Å²) in [4.78, 5) is 20.5. The number of aryl methyl sites for hydroxylation is 1. The molecule has 25 heavy (non-hydrogen) atoms. The first-order valence-corrected chi connectivity index (χ1v) is 8.06. The molecule has 3 aromatic rings. The standard InChI is InChI=1S/C18H18ClN5O/c1-10-4-5-11(19)6-12(10)13-7-15(24(3)17(13)18(20)25)14-8-16(21-2)23-9-22-14/h4-9H,1-3H3,(H2,20,25)(H,21,22,23). The van der Waals surface area contributed by atoms with Crippen molar-refractivity contribution in [2.75, 3.05) is 12.4 Å². The first-order valence-electron chi connectivity index (χ1n) is 7.68. The molecule has 3 N–H and O–H groups in total. The normalized spacial score (nSPS) is 10.7. The third-order valence-corrected chi connectivity index (χ3v) is 4.38. The van der Waals surface area contributed by atoms with Gasteiger partial charge in [0.15, 0.2) is 0 Å². The van der Waals surface area contributed by atoms with Gasteiger partial charge in [0.25, 0.3) is 5.91 Å². The summed E-state index contributed by atoms with van der Waals surface area (Å²) >= 11 is 6.15. The number of anilines is 1. The van der Waals surface area contributed by atoms with Crippen LogP contribution in [0.15, 0.2) is 36.7 Å². The Morgan fingerprint density at radius 2 is 1.96 bits per heavy atom. The highest BCUT2D eigenvalue weighted by Crippen LogP contribution is 2.34. The molecule has 0 aliphatic carbocycles. The van der Waals surface area contributed by atoms with E-state index in [-0.39, 0.29) is 0 Å². The number of hydrogen-bond acceptors (Lipinski definition) is 4. The van der Waals surface area contributed by atoms with E-state index in [4.69, 9.17) is 17.3 Å². The Labute approximate surface area is 150 Å². The fraction of sp³-hybridized carbons (Fsp3) is 0.167. The molecule has 0 radical (unpaired) electrons. The van der Waals surface area contributed by atoms with Crippen molar-refractivity contribution in [3.8, 4) is 22.5 Å².